The maximum Gasteiger partial charge on any atom is 0.181 e. The highest BCUT2D eigenvalue weighted by Gasteiger charge is 2.12. The predicted octanol–water partition coefficient (Wildman–Crippen LogP) is 4.61. The van der Waals surface area contributed by atoms with Crippen LogP contribution in [-0.4, -0.2) is 29.2 Å². The zero-order chi connectivity index (χ0) is 17.8. The second kappa shape index (κ2) is 7.55. The third-order valence-corrected chi connectivity index (χ3v) is 3.81. The van der Waals surface area contributed by atoms with E-state index in [0.29, 0.717) is 39.5 Å². The number of anilines is 2. The highest BCUT2D eigenvalue weighted by atomic mass is 35.5. The Morgan fingerprint density at radius 1 is 0.960 bits per heavy atom. The van der Waals surface area contributed by atoms with Crippen LogP contribution in [0.3, 0.4) is 0 Å². The van der Waals surface area contributed by atoms with E-state index in [-0.39, 0.29) is 5.15 Å². The summed E-state index contributed by atoms with van der Waals surface area (Å²) in [7, 11) is 3.09. The molecule has 0 aliphatic heterocycles. The standard InChI is InChI=1S/C17H14Cl2N4O2/c1-24-13-8-12(14(25-2)7-10(13)18)21-16-9-15(19)22-17(23-16)11-5-3-4-6-20-11/h3-9H,1-2H3,(H,21,22,23). The monoisotopic (exact) mass is 376 g/mol. The van der Waals surface area contributed by atoms with Crippen LogP contribution in [0.1, 0.15) is 0 Å². The molecule has 0 fully saturated rings. The third kappa shape index (κ3) is 3.92. The van der Waals surface area contributed by atoms with Gasteiger partial charge in [0.15, 0.2) is 5.82 Å². The maximum absolute atomic E-state index is 6.13. The first-order valence-electron chi connectivity index (χ1n) is 7.25. The molecule has 6 nitrogen and oxygen atoms in total. The summed E-state index contributed by atoms with van der Waals surface area (Å²) in [5, 5.41) is 3.88. The SMILES string of the molecule is COc1cc(Nc2cc(Cl)nc(-c3ccccn3)n2)c(OC)cc1Cl. The Bertz CT molecular complexity index is 891. The van der Waals surface area contributed by atoms with Crippen molar-refractivity contribution in [2.24, 2.45) is 0 Å². The Hall–Kier alpha value is -2.57. The van der Waals surface area contributed by atoms with Gasteiger partial charge in [-0.15, -0.1) is 0 Å². The van der Waals surface area contributed by atoms with Gasteiger partial charge in [0, 0.05) is 24.4 Å². The fourth-order valence-corrected chi connectivity index (χ4v) is 2.60. The van der Waals surface area contributed by atoms with Crippen LogP contribution in [0, 0.1) is 0 Å². The van der Waals surface area contributed by atoms with E-state index < -0.39 is 0 Å². The Balaban J connectivity index is 2.00. The topological polar surface area (TPSA) is 69.2 Å². The number of halogens is 2. The van der Waals surface area contributed by atoms with Crippen molar-refractivity contribution in [3.8, 4) is 23.0 Å². The van der Waals surface area contributed by atoms with E-state index in [4.69, 9.17) is 32.7 Å². The van der Waals surface area contributed by atoms with Crippen LogP contribution in [0.25, 0.3) is 11.5 Å². The van der Waals surface area contributed by atoms with Crippen LogP contribution in [0.2, 0.25) is 10.2 Å². The van der Waals surface area contributed by atoms with Crippen LogP contribution >= 0.6 is 23.2 Å². The summed E-state index contributed by atoms with van der Waals surface area (Å²) in [4.78, 5) is 12.9. The fourth-order valence-electron chi connectivity index (χ4n) is 2.19. The van der Waals surface area contributed by atoms with Crippen LogP contribution in [0.15, 0.2) is 42.6 Å². The molecule has 1 N–H and O–H groups in total. The first kappa shape index (κ1) is 17.3. The number of methoxy groups -OCH3 is 2. The molecule has 25 heavy (non-hydrogen) atoms. The molecule has 0 atom stereocenters. The number of hydrogen-bond acceptors (Lipinski definition) is 6. The van der Waals surface area contributed by atoms with Crippen molar-refractivity contribution < 1.29 is 9.47 Å². The van der Waals surface area contributed by atoms with Crippen molar-refractivity contribution in [2.45, 2.75) is 0 Å². The zero-order valence-corrected chi connectivity index (χ0v) is 15.0. The van der Waals surface area contributed by atoms with Crippen molar-refractivity contribution in [3.63, 3.8) is 0 Å². The molecular weight excluding hydrogens is 363 g/mol. The lowest BCUT2D eigenvalue weighted by molar-refractivity contribution is 0.405. The summed E-state index contributed by atoms with van der Waals surface area (Å²) in [6, 6.07) is 10.5. The molecule has 1 aromatic carbocycles. The number of nitrogens with one attached hydrogen (secondary N) is 1. The number of ether oxygens (including phenoxy) is 2. The van der Waals surface area contributed by atoms with Gasteiger partial charge in [-0.05, 0) is 12.1 Å². The molecule has 0 amide bonds. The van der Waals surface area contributed by atoms with Gasteiger partial charge in [0.05, 0.1) is 24.9 Å². The number of aromatic nitrogens is 3. The second-order valence-corrected chi connectivity index (χ2v) is 5.72. The summed E-state index contributed by atoms with van der Waals surface area (Å²) in [6.45, 7) is 0. The van der Waals surface area contributed by atoms with E-state index >= 15 is 0 Å². The van der Waals surface area contributed by atoms with Gasteiger partial charge in [0.1, 0.15) is 28.2 Å². The minimum absolute atomic E-state index is 0.290. The van der Waals surface area contributed by atoms with Crippen LogP contribution < -0.4 is 14.8 Å². The van der Waals surface area contributed by atoms with E-state index in [9.17, 15) is 0 Å². The maximum atomic E-state index is 6.13. The van der Waals surface area contributed by atoms with Crippen LogP contribution in [0.5, 0.6) is 11.5 Å². The Kier molecular flexibility index (Phi) is 5.21. The van der Waals surface area contributed by atoms with Gasteiger partial charge in [-0.25, -0.2) is 9.97 Å². The molecule has 8 heteroatoms. The van der Waals surface area contributed by atoms with Gasteiger partial charge in [-0.1, -0.05) is 29.3 Å². The number of pyridine rings is 1. The number of nitrogens with zero attached hydrogens (tertiary/aromatic N) is 3. The van der Waals surface area contributed by atoms with E-state index in [1.54, 1.807) is 37.6 Å². The lowest BCUT2D eigenvalue weighted by Gasteiger charge is -2.14. The average molecular weight is 377 g/mol. The quantitative estimate of drug-likeness (QED) is 0.655. The van der Waals surface area contributed by atoms with Crippen molar-refractivity contribution >= 4 is 34.7 Å². The van der Waals surface area contributed by atoms with Gasteiger partial charge in [-0.2, -0.15) is 0 Å². The van der Waals surface area contributed by atoms with Crippen molar-refractivity contribution in [2.75, 3.05) is 19.5 Å². The summed E-state index contributed by atoms with van der Waals surface area (Å²) >= 11 is 12.3. The number of benzene rings is 1. The first-order chi connectivity index (χ1) is 12.1. The molecule has 0 aliphatic carbocycles. The van der Waals surface area contributed by atoms with Crippen LogP contribution in [0.4, 0.5) is 11.5 Å². The number of hydrogen-bond donors (Lipinski definition) is 1. The van der Waals surface area contributed by atoms with E-state index in [0.717, 1.165) is 0 Å². The summed E-state index contributed by atoms with van der Waals surface area (Å²) in [6.07, 6.45) is 1.67. The lowest BCUT2D eigenvalue weighted by Crippen LogP contribution is -2.01. The largest absolute Gasteiger partial charge is 0.495 e. The molecule has 0 bridgehead atoms. The summed E-state index contributed by atoms with van der Waals surface area (Å²) in [5.74, 6) is 1.95. The number of rotatable bonds is 5. The molecule has 128 valence electrons. The molecule has 0 aliphatic rings. The lowest BCUT2D eigenvalue weighted by atomic mass is 10.2. The van der Waals surface area contributed by atoms with Gasteiger partial charge in [-0.3, -0.25) is 4.98 Å². The second-order valence-electron chi connectivity index (χ2n) is 4.93. The predicted molar refractivity (Wildman–Crippen MR) is 98.1 cm³/mol. The molecule has 0 saturated heterocycles. The van der Waals surface area contributed by atoms with E-state index in [2.05, 4.69) is 20.3 Å². The van der Waals surface area contributed by atoms with Crippen LogP contribution in [-0.2, 0) is 0 Å². The van der Waals surface area contributed by atoms with E-state index in [1.807, 2.05) is 12.1 Å². The van der Waals surface area contributed by atoms with Gasteiger partial charge >= 0.3 is 0 Å². The molecule has 2 aromatic heterocycles. The average Bonchev–Trinajstić information content (AvgIpc) is 2.63. The minimum atomic E-state index is 0.290. The molecule has 2 heterocycles. The van der Waals surface area contributed by atoms with Gasteiger partial charge in [0.25, 0.3) is 0 Å². The molecule has 0 unspecified atom stereocenters. The molecule has 3 rings (SSSR count). The van der Waals surface area contributed by atoms with Crippen molar-refractivity contribution in [1.29, 1.82) is 0 Å². The van der Waals surface area contributed by atoms with Gasteiger partial charge < -0.3 is 14.8 Å². The van der Waals surface area contributed by atoms with E-state index in [1.165, 1.54) is 7.11 Å². The molecule has 3 aromatic rings. The highest BCUT2D eigenvalue weighted by Crippen LogP contribution is 2.37. The summed E-state index contributed by atoms with van der Waals surface area (Å²) in [5.41, 5.74) is 1.25. The molecule has 0 saturated carbocycles. The molecular formula is C17H14Cl2N4O2. The van der Waals surface area contributed by atoms with Crippen molar-refractivity contribution in [3.05, 3.63) is 52.8 Å². The smallest absolute Gasteiger partial charge is 0.181 e. The normalized spacial score (nSPS) is 10.4. The molecule has 0 spiro atoms. The zero-order valence-electron chi connectivity index (χ0n) is 13.5. The fraction of sp³-hybridized carbons (Fsp3) is 0.118. The molecule has 0 radical (unpaired) electrons. The summed E-state index contributed by atoms with van der Waals surface area (Å²) < 4.78 is 10.6. The van der Waals surface area contributed by atoms with Crippen molar-refractivity contribution in [1.82, 2.24) is 15.0 Å². The first-order valence-corrected chi connectivity index (χ1v) is 8.01. The minimum Gasteiger partial charge on any atom is -0.495 e. The third-order valence-electron chi connectivity index (χ3n) is 3.33. The Labute approximate surface area is 154 Å². The highest BCUT2D eigenvalue weighted by molar-refractivity contribution is 6.32. The Morgan fingerprint density at radius 3 is 2.44 bits per heavy atom. The van der Waals surface area contributed by atoms with Gasteiger partial charge in [0.2, 0.25) is 0 Å². The Morgan fingerprint density at radius 2 is 1.76 bits per heavy atom.